The van der Waals surface area contributed by atoms with E-state index in [9.17, 15) is 4.39 Å². The van der Waals surface area contributed by atoms with Crippen LogP contribution in [0, 0.1) is 5.82 Å². The van der Waals surface area contributed by atoms with Crippen LogP contribution < -0.4 is 10.4 Å². The van der Waals surface area contributed by atoms with Crippen molar-refractivity contribution in [3.05, 3.63) is 18.1 Å². The molecule has 2 fully saturated rings. The van der Waals surface area contributed by atoms with Gasteiger partial charge >= 0.3 is 7.12 Å². The molecule has 0 amide bonds. The number of ether oxygens (including phenoxy) is 1. The van der Waals surface area contributed by atoms with E-state index < -0.39 is 24.1 Å². The first kappa shape index (κ1) is 15.7. The Morgan fingerprint density at radius 3 is 2.32 bits per heavy atom. The summed E-state index contributed by atoms with van der Waals surface area (Å²) >= 11 is 0. The molecular formula is C15H22BFN2O3. The molecular weight excluding hydrogens is 286 g/mol. The molecule has 1 aromatic heterocycles. The first-order valence-electron chi connectivity index (χ1n) is 7.64. The Balaban J connectivity index is 1.88. The minimum Gasteiger partial charge on any atom is -0.399 e. The quantitative estimate of drug-likeness (QED) is 0.772. The summed E-state index contributed by atoms with van der Waals surface area (Å²) in [6.07, 6.45) is 1.24. The highest BCUT2D eigenvalue weighted by atomic mass is 19.1. The van der Waals surface area contributed by atoms with Crippen molar-refractivity contribution in [3.63, 3.8) is 0 Å². The molecule has 0 spiro atoms. The maximum Gasteiger partial charge on any atom is 0.498 e. The van der Waals surface area contributed by atoms with Gasteiger partial charge in [0, 0.05) is 18.6 Å². The average molecular weight is 308 g/mol. The van der Waals surface area contributed by atoms with Crippen molar-refractivity contribution in [1.29, 1.82) is 0 Å². The molecule has 22 heavy (non-hydrogen) atoms. The van der Waals surface area contributed by atoms with E-state index in [1.807, 2.05) is 27.7 Å². The number of rotatable bonds is 2. The van der Waals surface area contributed by atoms with E-state index in [4.69, 9.17) is 14.0 Å². The predicted molar refractivity (Wildman–Crippen MR) is 82.9 cm³/mol. The van der Waals surface area contributed by atoms with Crippen molar-refractivity contribution in [3.8, 4) is 0 Å². The first-order valence-corrected chi connectivity index (χ1v) is 7.64. The summed E-state index contributed by atoms with van der Waals surface area (Å²) in [4.78, 5) is 6.27. The first-order chi connectivity index (χ1) is 10.3. The molecule has 3 heterocycles. The Hall–Kier alpha value is -1.18. The van der Waals surface area contributed by atoms with Gasteiger partial charge < -0.3 is 18.9 Å². The zero-order valence-corrected chi connectivity index (χ0v) is 13.6. The molecule has 2 aliphatic heterocycles. The molecule has 0 aliphatic carbocycles. The fourth-order valence-electron chi connectivity index (χ4n) is 2.56. The van der Waals surface area contributed by atoms with Gasteiger partial charge in [-0.25, -0.2) is 9.37 Å². The van der Waals surface area contributed by atoms with Crippen LogP contribution in [0.2, 0.25) is 0 Å². The van der Waals surface area contributed by atoms with Gasteiger partial charge in [-0.2, -0.15) is 0 Å². The highest BCUT2D eigenvalue weighted by molar-refractivity contribution is 6.62. The lowest BCUT2D eigenvalue weighted by molar-refractivity contribution is 0.00578. The van der Waals surface area contributed by atoms with Gasteiger partial charge in [0.25, 0.3) is 0 Å². The second-order valence-electron chi connectivity index (χ2n) is 6.75. The van der Waals surface area contributed by atoms with Crippen molar-refractivity contribution in [1.82, 2.24) is 4.98 Å². The Morgan fingerprint density at radius 1 is 1.14 bits per heavy atom. The van der Waals surface area contributed by atoms with Crippen molar-refractivity contribution in [2.75, 3.05) is 31.2 Å². The van der Waals surface area contributed by atoms with Crippen LogP contribution in [0.1, 0.15) is 27.7 Å². The summed E-state index contributed by atoms with van der Waals surface area (Å²) in [5.74, 6) is 0.324. The lowest BCUT2D eigenvalue weighted by Crippen LogP contribution is -2.41. The number of hydrogen-bond donors (Lipinski definition) is 0. The summed E-state index contributed by atoms with van der Waals surface area (Å²) in [5, 5.41) is 0. The van der Waals surface area contributed by atoms with E-state index in [2.05, 4.69) is 9.88 Å². The standard InChI is InChI=1S/C15H22BFN2O3/c1-14(2)15(3,4)22-16(21-14)11-9-13(18-10-12(11)17)19-5-7-20-8-6-19/h9-10H,5-8H2,1-4H3. The molecule has 2 saturated heterocycles. The fraction of sp³-hybridized carbons (Fsp3) is 0.667. The van der Waals surface area contributed by atoms with Crippen LogP contribution in [0.4, 0.5) is 10.2 Å². The lowest BCUT2D eigenvalue weighted by Gasteiger charge is -2.32. The molecule has 0 bridgehead atoms. The van der Waals surface area contributed by atoms with Gasteiger partial charge in [-0.1, -0.05) is 0 Å². The van der Waals surface area contributed by atoms with Gasteiger partial charge in [0.15, 0.2) is 0 Å². The van der Waals surface area contributed by atoms with Gasteiger partial charge in [0.05, 0.1) is 30.6 Å². The fourth-order valence-corrected chi connectivity index (χ4v) is 2.56. The van der Waals surface area contributed by atoms with E-state index in [0.717, 1.165) is 18.9 Å². The van der Waals surface area contributed by atoms with Crippen molar-refractivity contribution in [2.45, 2.75) is 38.9 Å². The molecule has 0 atom stereocenters. The van der Waals surface area contributed by atoms with Crippen LogP contribution >= 0.6 is 0 Å². The number of anilines is 1. The monoisotopic (exact) mass is 308 g/mol. The maximum absolute atomic E-state index is 14.2. The SMILES string of the molecule is CC1(C)OB(c2cc(N3CCOCC3)ncc2F)OC1(C)C. The molecule has 3 rings (SSSR count). The minimum atomic E-state index is -0.715. The number of nitrogens with zero attached hydrogens (tertiary/aromatic N) is 2. The largest absolute Gasteiger partial charge is 0.498 e. The number of halogens is 1. The highest BCUT2D eigenvalue weighted by Crippen LogP contribution is 2.36. The lowest BCUT2D eigenvalue weighted by atomic mass is 9.79. The van der Waals surface area contributed by atoms with E-state index in [1.165, 1.54) is 6.20 Å². The van der Waals surface area contributed by atoms with Gasteiger partial charge in [-0.05, 0) is 33.8 Å². The third-order valence-corrected chi connectivity index (χ3v) is 4.71. The van der Waals surface area contributed by atoms with Gasteiger partial charge in [0.1, 0.15) is 11.6 Å². The summed E-state index contributed by atoms with van der Waals surface area (Å²) in [7, 11) is -0.715. The molecule has 0 unspecified atom stereocenters. The maximum atomic E-state index is 14.2. The third kappa shape index (κ3) is 2.73. The summed E-state index contributed by atoms with van der Waals surface area (Å²) in [6, 6.07) is 1.72. The zero-order valence-electron chi connectivity index (χ0n) is 13.6. The van der Waals surface area contributed by atoms with Gasteiger partial charge in [0.2, 0.25) is 0 Å². The van der Waals surface area contributed by atoms with Crippen LogP contribution in [-0.2, 0) is 14.0 Å². The highest BCUT2D eigenvalue weighted by Gasteiger charge is 2.52. The van der Waals surface area contributed by atoms with Gasteiger partial charge in [-0.3, -0.25) is 0 Å². The average Bonchev–Trinajstić information content (AvgIpc) is 2.69. The van der Waals surface area contributed by atoms with Crippen molar-refractivity contribution in [2.24, 2.45) is 0 Å². The number of hydrogen-bond acceptors (Lipinski definition) is 5. The van der Waals surface area contributed by atoms with E-state index in [1.54, 1.807) is 6.07 Å². The third-order valence-electron chi connectivity index (χ3n) is 4.71. The summed E-state index contributed by atoms with van der Waals surface area (Å²) < 4.78 is 31.4. The molecule has 5 nitrogen and oxygen atoms in total. The molecule has 1 aromatic rings. The number of pyridine rings is 1. The molecule has 7 heteroatoms. The molecule has 2 aliphatic rings. The van der Waals surface area contributed by atoms with Crippen LogP contribution in [0.3, 0.4) is 0 Å². The van der Waals surface area contributed by atoms with Crippen molar-refractivity contribution >= 4 is 18.4 Å². The number of morpholine rings is 1. The second-order valence-corrected chi connectivity index (χ2v) is 6.75. The Labute approximate surface area is 130 Å². The topological polar surface area (TPSA) is 43.8 Å². The van der Waals surface area contributed by atoms with Crippen LogP contribution in [0.25, 0.3) is 0 Å². The van der Waals surface area contributed by atoms with E-state index >= 15 is 0 Å². The predicted octanol–water partition coefficient (Wildman–Crippen LogP) is 1.36. The van der Waals surface area contributed by atoms with E-state index in [0.29, 0.717) is 18.7 Å². The second kappa shape index (κ2) is 5.47. The molecule has 120 valence electrons. The molecule has 0 N–H and O–H groups in total. The normalized spacial score (nSPS) is 23.9. The van der Waals surface area contributed by atoms with Crippen LogP contribution in [-0.4, -0.2) is 49.6 Å². The van der Waals surface area contributed by atoms with Crippen LogP contribution in [0.5, 0.6) is 0 Å². The number of aromatic nitrogens is 1. The van der Waals surface area contributed by atoms with Crippen molar-refractivity contribution < 1.29 is 18.4 Å². The Kier molecular flexibility index (Phi) is 3.91. The zero-order chi connectivity index (χ0) is 16.0. The van der Waals surface area contributed by atoms with Crippen LogP contribution in [0.15, 0.2) is 12.3 Å². The Bertz CT molecular complexity index is 546. The minimum absolute atomic E-state index is 0.398. The van der Waals surface area contributed by atoms with E-state index in [-0.39, 0.29) is 0 Å². The molecule has 0 saturated carbocycles. The summed E-state index contributed by atoms with van der Waals surface area (Å²) in [5.41, 5.74) is -0.589. The smallest absolute Gasteiger partial charge is 0.399 e. The van der Waals surface area contributed by atoms with Gasteiger partial charge in [-0.15, -0.1) is 0 Å². The summed E-state index contributed by atoms with van der Waals surface area (Å²) in [6.45, 7) is 10.6. The molecule has 0 radical (unpaired) electrons. The Morgan fingerprint density at radius 2 is 1.73 bits per heavy atom. The molecule has 0 aromatic carbocycles.